The smallest absolute Gasteiger partial charge is 0.234 e. The molecule has 112 valence electrons. The van der Waals surface area contributed by atoms with Crippen molar-refractivity contribution in [1.29, 1.82) is 0 Å². The van der Waals surface area contributed by atoms with Crippen molar-refractivity contribution < 1.29 is 4.79 Å². The van der Waals surface area contributed by atoms with Gasteiger partial charge in [0.2, 0.25) is 5.91 Å². The predicted octanol–water partition coefficient (Wildman–Crippen LogP) is 3.73. The van der Waals surface area contributed by atoms with E-state index in [9.17, 15) is 4.79 Å². The van der Waals surface area contributed by atoms with Crippen molar-refractivity contribution in [2.75, 3.05) is 13.6 Å². The molecular weight excluding hydrogens is 295 g/mol. The second kappa shape index (κ2) is 7.30. The Morgan fingerprint density at radius 3 is 2.60 bits per heavy atom. The van der Waals surface area contributed by atoms with Crippen molar-refractivity contribution in [2.24, 2.45) is 0 Å². The van der Waals surface area contributed by atoms with E-state index in [2.05, 4.69) is 12.2 Å². The van der Waals surface area contributed by atoms with E-state index in [-0.39, 0.29) is 11.4 Å². The van der Waals surface area contributed by atoms with Crippen LogP contribution in [0.25, 0.3) is 0 Å². The molecule has 0 spiro atoms. The minimum atomic E-state index is -0.175. The van der Waals surface area contributed by atoms with Gasteiger partial charge >= 0.3 is 0 Å². The number of amides is 1. The van der Waals surface area contributed by atoms with Gasteiger partial charge in [0.25, 0.3) is 0 Å². The summed E-state index contributed by atoms with van der Waals surface area (Å²) in [6, 6.07) is 5.53. The molecule has 0 aliphatic heterocycles. The highest BCUT2D eigenvalue weighted by molar-refractivity contribution is 6.42. The Kier molecular flexibility index (Phi) is 6.31. The summed E-state index contributed by atoms with van der Waals surface area (Å²) in [6.45, 7) is 6.98. The number of halogens is 2. The van der Waals surface area contributed by atoms with Gasteiger partial charge in [0.1, 0.15) is 0 Å². The highest BCUT2D eigenvalue weighted by atomic mass is 35.5. The van der Waals surface area contributed by atoms with E-state index in [1.807, 2.05) is 37.9 Å². The Balaban J connectivity index is 2.58. The maximum Gasteiger partial charge on any atom is 0.234 e. The number of carbonyl (C=O) groups excluding carboxylic acids is 1. The summed E-state index contributed by atoms with van der Waals surface area (Å²) in [5, 5.41) is 4.10. The normalized spacial score (nSPS) is 11.8. The topological polar surface area (TPSA) is 32.3 Å². The maximum atomic E-state index is 12.0. The molecule has 0 aliphatic carbocycles. The van der Waals surface area contributed by atoms with Crippen LogP contribution < -0.4 is 5.32 Å². The average molecular weight is 317 g/mol. The van der Waals surface area contributed by atoms with Gasteiger partial charge in [-0.1, -0.05) is 42.3 Å². The molecule has 0 aromatic heterocycles. The summed E-state index contributed by atoms with van der Waals surface area (Å²) < 4.78 is 0. The monoisotopic (exact) mass is 316 g/mol. The summed E-state index contributed by atoms with van der Waals surface area (Å²) in [4.78, 5) is 13.9. The molecule has 5 heteroatoms. The van der Waals surface area contributed by atoms with Crippen LogP contribution in [0.5, 0.6) is 0 Å². The Labute approximate surface area is 131 Å². The standard InChI is InChI=1S/C15H22Cl2N2O/c1-5-15(2,3)18-13(20)10-19(4)9-11-7-6-8-12(16)14(11)17/h6-8H,5,9-10H2,1-4H3,(H,18,20). The Morgan fingerprint density at radius 1 is 1.35 bits per heavy atom. The van der Waals surface area contributed by atoms with E-state index in [0.717, 1.165) is 12.0 Å². The minimum absolute atomic E-state index is 0.0116. The molecule has 0 unspecified atom stereocenters. The second-order valence-corrected chi connectivity index (χ2v) is 6.46. The minimum Gasteiger partial charge on any atom is -0.350 e. The molecule has 0 saturated heterocycles. The number of nitrogens with one attached hydrogen (secondary N) is 1. The molecule has 0 heterocycles. The van der Waals surface area contributed by atoms with Gasteiger partial charge in [0.15, 0.2) is 0 Å². The number of nitrogens with zero attached hydrogens (tertiary/aromatic N) is 1. The van der Waals surface area contributed by atoms with Crippen molar-refractivity contribution in [3.8, 4) is 0 Å². The largest absolute Gasteiger partial charge is 0.350 e. The first kappa shape index (κ1) is 17.3. The summed E-state index contributed by atoms with van der Waals surface area (Å²) in [5.41, 5.74) is 0.746. The predicted molar refractivity (Wildman–Crippen MR) is 85.3 cm³/mol. The third-order valence-corrected chi connectivity index (χ3v) is 4.11. The van der Waals surface area contributed by atoms with Gasteiger partial charge in [0.05, 0.1) is 16.6 Å². The molecule has 0 radical (unpaired) electrons. The first-order chi connectivity index (χ1) is 9.25. The second-order valence-electron chi connectivity index (χ2n) is 5.67. The van der Waals surface area contributed by atoms with Gasteiger partial charge in [-0.2, -0.15) is 0 Å². The summed E-state index contributed by atoms with van der Waals surface area (Å²) in [5.74, 6) is 0.0116. The molecule has 1 amide bonds. The lowest BCUT2D eigenvalue weighted by Crippen LogP contribution is -2.46. The van der Waals surface area contributed by atoms with Crippen LogP contribution in [0.4, 0.5) is 0 Å². The number of hydrogen-bond donors (Lipinski definition) is 1. The van der Waals surface area contributed by atoms with Gasteiger partial charge in [-0.05, 0) is 38.9 Å². The number of likely N-dealkylation sites (N-methyl/N-ethyl adjacent to an activating group) is 1. The average Bonchev–Trinajstić information content (AvgIpc) is 2.34. The van der Waals surface area contributed by atoms with E-state index in [4.69, 9.17) is 23.2 Å². The van der Waals surface area contributed by atoms with Crippen LogP contribution in [0.2, 0.25) is 10.0 Å². The van der Waals surface area contributed by atoms with Crippen LogP contribution in [-0.2, 0) is 11.3 Å². The van der Waals surface area contributed by atoms with E-state index in [1.54, 1.807) is 6.07 Å². The van der Waals surface area contributed by atoms with Crippen LogP contribution in [-0.4, -0.2) is 29.9 Å². The van der Waals surface area contributed by atoms with Crippen molar-refractivity contribution in [2.45, 2.75) is 39.3 Å². The fourth-order valence-corrected chi connectivity index (χ4v) is 2.15. The Bertz CT molecular complexity index is 475. The van der Waals surface area contributed by atoms with Crippen LogP contribution in [0.1, 0.15) is 32.8 Å². The van der Waals surface area contributed by atoms with Crippen LogP contribution in [0.15, 0.2) is 18.2 Å². The van der Waals surface area contributed by atoms with E-state index in [0.29, 0.717) is 23.1 Å². The molecule has 0 saturated carbocycles. The van der Waals surface area contributed by atoms with Gasteiger partial charge in [-0.3, -0.25) is 9.69 Å². The van der Waals surface area contributed by atoms with Crippen molar-refractivity contribution >= 4 is 29.1 Å². The summed E-state index contributed by atoms with van der Waals surface area (Å²) in [7, 11) is 1.88. The van der Waals surface area contributed by atoms with Crippen molar-refractivity contribution in [3.05, 3.63) is 33.8 Å². The van der Waals surface area contributed by atoms with E-state index >= 15 is 0 Å². The molecule has 0 bridgehead atoms. The lowest BCUT2D eigenvalue weighted by atomic mass is 10.0. The summed E-state index contributed by atoms with van der Waals surface area (Å²) in [6.07, 6.45) is 0.891. The Morgan fingerprint density at radius 2 is 2.00 bits per heavy atom. The fraction of sp³-hybridized carbons (Fsp3) is 0.533. The molecule has 0 atom stereocenters. The number of benzene rings is 1. The molecule has 0 fully saturated rings. The number of hydrogen-bond acceptors (Lipinski definition) is 2. The first-order valence-corrected chi connectivity index (χ1v) is 7.43. The molecule has 1 rings (SSSR count). The van der Waals surface area contributed by atoms with E-state index in [1.165, 1.54) is 0 Å². The third-order valence-electron chi connectivity index (χ3n) is 3.25. The first-order valence-electron chi connectivity index (χ1n) is 6.67. The molecule has 20 heavy (non-hydrogen) atoms. The third kappa shape index (κ3) is 5.31. The number of rotatable bonds is 6. The van der Waals surface area contributed by atoms with E-state index < -0.39 is 0 Å². The van der Waals surface area contributed by atoms with Gasteiger partial charge in [0, 0.05) is 12.1 Å². The zero-order valence-corrected chi connectivity index (χ0v) is 14.0. The van der Waals surface area contributed by atoms with Gasteiger partial charge < -0.3 is 5.32 Å². The van der Waals surface area contributed by atoms with Crippen LogP contribution in [0.3, 0.4) is 0 Å². The lowest BCUT2D eigenvalue weighted by Gasteiger charge is -2.26. The SMILES string of the molecule is CCC(C)(C)NC(=O)CN(C)Cc1cccc(Cl)c1Cl. The summed E-state index contributed by atoms with van der Waals surface area (Å²) >= 11 is 12.1. The highest BCUT2D eigenvalue weighted by Gasteiger charge is 2.18. The van der Waals surface area contributed by atoms with Crippen molar-refractivity contribution in [3.63, 3.8) is 0 Å². The molecule has 1 aromatic carbocycles. The van der Waals surface area contributed by atoms with Gasteiger partial charge in [-0.15, -0.1) is 0 Å². The fourth-order valence-electron chi connectivity index (χ4n) is 1.77. The lowest BCUT2D eigenvalue weighted by molar-refractivity contribution is -0.123. The van der Waals surface area contributed by atoms with Gasteiger partial charge in [-0.25, -0.2) is 0 Å². The molecule has 1 N–H and O–H groups in total. The zero-order valence-electron chi connectivity index (χ0n) is 12.5. The quantitative estimate of drug-likeness (QED) is 0.867. The molecular formula is C15H22Cl2N2O. The Hall–Kier alpha value is -0.770. The zero-order chi connectivity index (χ0) is 15.3. The molecule has 3 nitrogen and oxygen atoms in total. The highest BCUT2D eigenvalue weighted by Crippen LogP contribution is 2.26. The molecule has 0 aliphatic rings. The maximum absolute atomic E-state index is 12.0. The molecule has 1 aromatic rings. The van der Waals surface area contributed by atoms with Crippen molar-refractivity contribution in [1.82, 2.24) is 10.2 Å². The van der Waals surface area contributed by atoms with Crippen LogP contribution >= 0.6 is 23.2 Å². The number of carbonyl (C=O) groups is 1. The van der Waals surface area contributed by atoms with Crippen LogP contribution in [0, 0.1) is 0 Å².